The molecule has 1 heterocycles. The normalized spacial score (nSPS) is 17.2. The van der Waals surface area contributed by atoms with Gasteiger partial charge in [0.2, 0.25) is 5.91 Å². The van der Waals surface area contributed by atoms with E-state index in [2.05, 4.69) is 30.4 Å². The lowest BCUT2D eigenvalue weighted by atomic mass is 10.1. The van der Waals surface area contributed by atoms with Crippen LogP contribution in [0, 0.1) is 0 Å². The van der Waals surface area contributed by atoms with Gasteiger partial charge in [-0.1, -0.05) is 18.2 Å². The number of carbonyl (C=O) groups is 1. The zero-order valence-electron chi connectivity index (χ0n) is 11.3. The number of para-hydroxylation sites is 1. The molecular formula is C15H22N2O. The number of carbonyl (C=O) groups excluding carboxylic acids is 1. The Morgan fingerprint density at radius 2 is 2.11 bits per heavy atom. The van der Waals surface area contributed by atoms with Crippen LogP contribution in [0.15, 0.2) is 24.3 Å². The summed E-state index contributed by atoms with van der Waals surface area (Å²) in [4.78, 5) is 14.2. The molecule has 0 saturated carbocycles. The Labute approximate surface area is 109 Å². The van der Waals surface area contributed by atoms with Crippen LogP contribution in [0.1, 0.15) is 31.7 Å². The summed E-state index contributed by atoms with van der Waals surface area (Å²) >= 11 is 0. The van der Waals surface area contributed by atoms with E-state index in [0.717, 1.165) is 31.5 Å². The highest BCUT2D eigenvalue weighted by molar-refractivity contribution is 5.94. The third-order valence-corrected chi connectivity index (χ3v) is 3.70. The zero-order valence-corrected chi connectivity index (χ0v) is 11.3. The van der Waals surface area contributed by atoms with Gasteiger partial charge in [-0.15, -0.1) is 0 Å². The van der Waals surface area contributed by atoms with Crippen LogP contribution in [-0.2, 0) is 11.2 Å². The molecule has 1 aliphatic heterocycles. The summed E-state index contributed by atoms with van der Waals surface area (Å²) in [6, 6.07) is 8.73. The molecule has 1 aromatic rings. The molecule has 1 amide bonds. The summed E-state index contributed by atoms with van der Waals surface area (Å²) in [5, 5.41) is 3.22. The molecule has 0 spiro atoms. The maximum atomic E-state index is 12.2. The maximum Gasteiger partial charge on any atom is 0.226 e. The van der Waals surface area contributed by atoms with Gasteiger partial charge in [-0.05, 0) is 44.9 Å². The van der Waals surface area contributed by atoms with Gasteiger partial charge in [0, 0.05) is 24.7 Å². The van der Waals surface area contributed by atoms with Gasteiger partial charge in [-0.3, -0.25) is 4.79 Å². The van der Waals surface area contributed by atoms with Crippen LogP contribution in [0.2, 0.25) is 0 Å². The number of rotatable bonds is 4. The van der Waals surface area contributed by atoms with Crippen molar-refractivity contribution < 1.29 is 4.79 Å². The van der Waals surface area contributed by atoms with Crippen LogP contribution in [0.5, 0.6) is 0 Å². The average molecular weight is 246 g/mol. The number of amides is 1. The molecule has 2 rings (SSSR count). The third kappa shape index (κ3) is 2.91. The first-order chi connectivity index (χ1) is 8.72. The SMILES string of the molecule is CNC(C)CCN1C(=O)CCCc2ccccc21. The number of benzene rings is 1. The van der Waals surface area contributed by atoms with Gasteiger partial charge in [0.25, 0.3) is 0 Å². The second-order valence-corrected chi connectivity index (χ2v) is 5.01. The van der Waals surface area contributed by atoms with E-state index in [1.54, 1.807) is 0 Å². The number of hydrogen-bond donors (Lipinski definition) is 1. The van der Waals surface area contributed by atoms with E-state index in [0.29, 0.717) is 12.5 Å². The van der Waals surface area contributed by atoms with E-state index in [1.807, 2.05) is 18.0 Å². The van der Waals surface area contributed by atoms with Gasteiger partial charge in [-0.25, -0.2) is 0 Å². The number of anilines is 1. The first-order valence-electron chi connectivity index (χ1n) is 6.78. The molecule has 1 unspecified atom stereocenters. The Morgan fingerprint density at radius 3 is 2.89 bits per heavy atom. The number of nitrogens with zero attached hydrogens (tertiary/aromatic N) is 1. The second kappa shape index (κ2) is 6.01. The van der Waals surface area contributed by atoms with Gasteiger partial charge >= 0.3 is 0 Å². The fourth-order valence-electron chi connectivity index (χ4n) is 2.40. The van der Waals surface area contributed by atoms with Crippen LogP contribution in [0.4, 0.5) is 5.69 Å². The van der Waals surface area contributed by atoms with E-state index < -0.39 is 0 Å². The predicted molar refractivity (Wildman–Crippen MR) is 74.9 cm³/mol. The molecule has 0 saturated heterocycles. The number of hydrogen-bond acceptors (Lipinski definition) is 2. The average Bonchev–Trinajstić information content (AvgIpc) is 2.55. The molecule has 0 radical (unpaired) electrons. The predicted octanol–water partition coefficient (Wildman–Crippen LogP) is 2.35. The van der Waals surface area contributed by atoms with E-state index in [1.165, 1.54) is 5.56 Å². The highest BCUT2D eigenvalue weighted by Gasteiger charge is 2.21. The lowest BCUT2D eigenvalue weighted by Crippen LogP contribution is -2.35. The molecule has 1 aliphatic rings. The van der Waals surface area contributed by atoms with Crippen molar-refractivity contribution in [1.82, 2.24) is 5.32 Å². The van der Waals surface area contributed by atoms with Gasteiger partial charge in [0.1, 0.15) is 0 Å². The zero-order chi connectivity index (χ0) is 13.0. The second-order valence-electron chi connectivity index (χ2n) is 5.01. The molecule has 3 heteroatoms. The largest absolute Gasteiger partial charge is 0.317 e. The summed E-state index contributed by atoms with van der Waals surface area (Å²) < 4.78 is 0. The van der Waals surface area contributed by atoms with Crippen LogP contribution >= 0.6 is 0 Å². The van der Waals surface area contributed by atoms with Crippen LogP contribution < -0.4 is 10.2 Å². The fraction of sp³-hybridized carbons (Fsp3) is 0.533. The fourth-order valence-corrected chi connectivity index (χ4v) is 2.40. The lowest BCUT2D eigenvalue weighted by molar-refractivity contribution is -0.118. The Morgan fingerprint density at radius 1 is 1.33 bits per heavy atom. The molecule has 0 aliphatic carbocycles. The minimum Gasteiger partial charge on any atom is -0.317 e. The van der Waals surface area contributed by atoms with Crippen LogP contribution in [-0.4, -0.2) is 25.5 Å². The standard InChI is InChI=1S/C15H22N2O/c1-12(16-2)10-11-17-14-8-4-3-6-13(14)7-5-9-15(17)18/h3-4,6,8,12,16H,5,7,9-11H2,1-2H3. The van der Waals surface area contributed by atoms with Gasteiger partial charge in [0.15, 0.2) is 0 Å². The molecule has 98 valence electrons. The maximum absolute atomic E-state index is 12.2. The third-order valence-electron chi connectivity index (χ3n) is 3.70. The van der Waals surface area contributed by atoms with Crippen molar-refractivity contribution in [3.63, 3.8) is 0 Å². The summed E-state index contributed by atoms with van der Waals surface area (Å²) in [6.07, 6.45) is 3.63. The smallest absolute Gasteiger partial charge is 0.226 e. The number of fused-ring (bicyclic) bond motifs is 1. The van der Waals surface area contributed by atoms with Crippen molar-refractivity contribution in [3.8, 4) is 0 Å². The van der Waals surface area contributed by atoms with E-state index in [-0.39, 0.29) is 5.91 Å². The molecule has 0 fully saturated rings. The van der Waals surface area contributed by atoms with Crippen molar-refractivity contribution >= 4 is 11.6 Å². The van der Waals surface area contributed by atoms with Crippen molar-refractivity contribution in [3.05, 3.63) is 29.8 Å². The number of aryl methyl sites for hydroxylation is 1. The van der Waals surface area contributed by atoms with Crippen LogP contribution in [0.25, 0.3) is 0 Å². The van der Waals surface area contributed by atoms with Gasteiger partial charge < -0.3 is 10.2 Å². The van der Waals surface area contributed by atoms with Gasteiger partial charge in [0.05, 0.1) is 0 Å². The Balaban J connectivity index is 2.17. The molecule has 0 aromatic heterocycles. The van der Waals surface area contributed by atoms with Crippen molar-refractivity contribution in [1.29, 1.82) is 0 Å². The Bertz CT molecular complexity index is 417. The van der Waals surface area contributed by atoms with E-state index in [9.17, 15) is 4.79 Å². The minimum atomic E-state index is 0.267. The van der Waals surface area contributed by atoms with Crippen LogP contribution in [0.3, 0.4) is 0 Å². The highest BCUT2D eigenvalue weighted by atomic mass is 16.2. The summed E-state index contributed by atoms with van der Waals surface area (Å²) in [7, 11) is 1.96. The highest BCUT2D eigenvalue weighted by Crippen LogP contribution is 2.26. The quantitative estimate of drug-likeness (QED) is 0.884. The Kier molecular flexibility index (Phi) is 4.37. The van der Waals surface area contributed by atoms with Gasteiger partial charge in [-0.2, -0.15) is 0 Å². The molecule has 1 N–H and O–H groups in total. The monoisotopic (exact) mass is 246 g/mol. The van der Waals surface area contributed by atoms with E-state index >= 15 is 0 Å². The summed E-state index contributed by atoms with van der Waals surface area (Å²) in [5.41, 5.74) is 2.42. The Hall–Kier alpha value is -1.35. The topological polar surface area (TPSA) is 32.3 Å². The molecule has 3 nitrogen and oxygen atoms in total. The van der Waals surface area contributed by atoms with Crippen molar-refractivity contribution in [2.75, 3.05) is 18.5 Å². The first-order valence-corrected chi connectivity index (χ1v) is 6.78. The van der Waals surface area contributed by atoms with E-state index in [4.69, 9.17) is 0 Å². The minimum absolute atomic E-state index is 0.267. The number of nitrogens with one attached hydrogen (secondary N) is 1. The molecule has 1 atom stereocenters. The molecular weight excluding hydrogens is 224 g/mol. The van der Waals surface area contributed by atoms with Crippen molar-refractivity contribution in [2.24, 2.45) is 0 Å². The summed E-state index contributed by atoms with van der Waals surface area (Å²) in [5.74, 6) is 0.267. The molecule has 0 bridgehead atoms. The first kappa shape index (κ1) is 13.1. The molecule has 1 aromatic carbocycles. The summed E-state index contributed by atoms with van der Waals surface area (Å²) in [6.45, 7) is 2.95. The molecule has 18 heavy (non-hydrogen) atoms. The lowest BCUT2D eigenvalue weighted by Gasteiger charge is -2.24. The van der Waals surface area contributed by atoms with Crippen molar-refractivity contribution in [2.45, 2.75) is 38.6 Å².